The Bertz CT molecular complexity index is 3780. The van der Waals surface area contributed by atoms with Gasteiger partial charge in [0.2, 0.25) is 28.2 Å². The van der Waals surface area contributed by atoms with E-state index < -0.39 is 127 Å². The molecule has 0 amide bonds. The molecule has 0 spiro atoms. The molecule has 0 radical (unpaired) electrons. The van der Waals surface area contributed by atoms with Gasteiger partial charge in [-0.15, -0.1) is 15.3 Å². The molecule has 76 heavy (non-hydrogen) atoms. The first-order valence-electron chi connectivity index (χ1n) is 18.6. The van der Waals surface area contributed by atoms with Gasteiger partial charge >= 0.3 is 148 Å². The summed E-state index contributed by atoms with van der Waals surface area (Å²) in [5.41, 5.74) is 8.08. The van der Waals surface area contributed by atoms with Crippen molar-refractivity contribution >= 4 is 130 Å². The second-order valence-electron chi connectivity index (χ2n) is 13.7. The van der Waals surface area contributed by atoms with E-state index in [0.717, 1.165) is 66.7 Å². The van der Waals surface area contributed by atoms with E-state index >= 15 is 0 Å². The molecule has 6 rings (SSSR count). The van der Waals surface area contributed by atoms with Gasteiger partial charge in [-0.2, -0.15) is 20.1 Å². The van der Waals surface area contributed by atoms with E-state index in [1.54, 1.807) is 0 Å². The maximum atomic E-state index is 12.5. The van der Waals surface area contributed by atoms with Crippen LogP contribution in [0.15, 0.2) is 142 Å². The third-order valence-electron chi connectivity index (χ3n) is 8.77. The molecule has 0 saturated heterocycles. The average molecular weight is 1210 g/mol. The Morgan fingerprint density at radius 1 is 0.461 bits per heavy atom. The number of sulfone groups is 1. The number of hydrogen-bond donors (Lipinski definition) is 5. The van der Waals surface area contributed by atoms with Crippen molar-refractivity contribution in [2.75, 3.05) is 39.8 Å². The molecular formula is C35H27N12Na5O18S6. The molecule has 1 aromatic heterocycles. The molecule has 30 nitrogen and oxygen atoms in total. The van der Waals surface area contributed by atoms with Gasteiger partial charge in [0.15, 0.2) is 9.84 Å². The minimum absolute atomic E-state index is 0. The molecule has 0 aliphatic carbocycles. The molecule has 41 heteroatoms. The van der Waals surface area contributed by atoms with Gasteiger partial charge in [-0.25, -0.2) is 50.5 Å². The van der Waals surface area contributed by atoms with Crippen LogP contribution in [0.3, 0.4) is 0 Å². The van der Waals surface area contributed by atoms with Crippen molar-refractivity contribution < 1.29 is 225 Å². The second-order valence-corrected chi connectivity index (χ2v) is 22.4. The molecule has 0 aliphatic heterocycles. The molecule has 0 aliphatic rings. The van der Waals surface area contributed by atoms with Gasteiger partial charge in [0.1, 0.15) is 57.5 Å². The van der Waals surface area contributed by atoms with Crippen LogP contribution >= 0.6 is 0 Å². The van der Waals surface area contributed by atoms with Gasteiger partial charge < -0.3 is 50.2 Å². The number of benzene rings is 5. The van der Waals surface area contributed by atoms with Gasteiger partial charge in [0, 0.05) is 17.1 Å². The first-order valence-corrected chi connectivity index (χ1v) is 27.2. The smallest absolute Gasteiger partial charge is 0.744 e. The van der Waals surface area contributed by atoms with Gasteiger partial charge in [-0.3, -0.25) is 4.18 Å². The van der Waals surface area contributed by atoms with Crippen LogP contribution in [0.4, 0.5) is 69.0 Å². The summed E-state index contributed by atoms with van der Waals surface area (Å²) in [6.07, 6.45) is 0. The van der Waals surface area contributed by atoms with Crippen molar-refractivity contribution in [3.63, 3.8) is 0 Å². The third kappa shape index (κ3) is 20.4. The topological polar surface area (TPSA) is 506 Å². The van der Waals surface area contributed by atoms with Crippen molar-refractivity contribution in [3.8, 4) is 0 Å². The predicted molar refractivity (Wildman–Crippen MR) is 239 cm³/mol. The minimum Gasteiger partial charge on any atom is -0.744 e. The number of azo groups is 2. The summed E-state index contributed by atoms with van der Waals surface area (Å²) in [5.74, 6) is -2.08. The molecule has 1 heterocycles. The monoisotopic (exact) mass is 1210 g/mol. The first-order chi connectivity index (χ1) is 32.9. The van der Waals surface area contributed by atoms with Crippen LogP contribution in [0, 0.1) is 0 Å². The summed E-state index contributed by atoms with van der Waals surface area (Å²) in [5, 5.41) is 23.1. The molecular weight excluding hydrogens is 1180 g/mol. The number of nitrogens with two attached hydrogens (primary N) is 2. The Morgan fingerprint density at radius 2 is 0.908 bits per heavy atom. The summed E-state index contributed by atoms with van der Waals surface area (Å²) in [6, 6.07) is 16.4. The van der Waals surface area contributed by atoms with Crippen molar-refractivity contribution in [1.82, 2.24) is 15.0 Å². The molecule has 0 saturated carbocycles. The standard InChI is InChI=1S/C35H32N12O18S6.5Na/c36-30-27(18-29(70(59,60)61)31(37)32(30)47-44-19-7-10-23(11-8-19)66(48,49)14-13-65-71(62,63)64)46-45-26-17-22(9-12-28(26)69(56,57)58)40-35-42-33(38-20-3-1-5-24(15-20)67(50,51)52)41-34(43-35)39-21-4-2-6-25(16-21)68(53,54)55;;;;;/h1-12,15-18H,13-14,36-37H2,(H,50,51,52)(H,53,54,55)(H,56,57,58)(H,59,60,61)(H,62,63,64)(H3,38,39,40,41,42,43);;;;;/q;5*+1/p-5. The fourth-order valence-electron chi connectivity index (χ4n) is 5.63. The molecule has 0 atom stereocenters. The van der Waals surface area contributed by atoms with E-state index in [1.807, 2.05) is 0 Å². The van der Waals surface area contributed by atoms with Crippen LogP contribution in [0.1, 0.15) is 0 Å². The minimum atomic E-state index is -5.47. The van der Waals surface area contributed by atoms with E-state index in [1.165, 1.54) is 24.3 Å². The predicted octanol–water partition coefficient (Wildman–Crippen LogP) is -12.0. The normalized spacial score (nSPS) is 12.0. The van der Waals surface area contributed by atoms with Crippen molar-refractivity contribution in [1.29, 1.82) is 0 Å². The zero-order valence-electron chi connectivity index (χ0n) is 39.7. The van der Waals surface area contributed by atoms with Gasteiger partial charge in [0.25, 0.3) is 0 Å². The van der Waals surface area contributed by atoms with E-state index in [0.29, 0.717) is 6.07 Å². The van der Waals surface area contributed by atoms with E-state index in [4.69, 9.17) is 11.5 Å². The molecule has 0 fully saturated rings. The number of nitrogens with one attached hydrogen (secondary N) is 3. The van der Waals surface area contributed by atoms with Gasteiger partial charge in [0.05, 0.1) is 53.9 Å². The average Bonchev–Trinajstić information content (AvgIpc) is 3.24. The van der Waals surface area contributed by atoms with Crippen LogP contribution < -0.4 is 175 Å². The Hall–Kier alpha value is -2.23. The molecule has 5 aromatic carbocycles. The van der Waals surface area contributed by atoms with Crippen LogP contribution in [-0.4, -0.2) is 101 Å². The Morgan fingerprint density at radius 3 is 1.34 bits per heavy atom. The Balaban J connectivity index is 0.00000578. The summed E-state index contributed by atoms with van der Waals surface area (Å²) in [7, 11) is -30.1. The van der Waals surface area contributed by atoms with Crippen LogP contribution in [-0.2, 0) is 64.9 Å². The quantitative estimate of drug-likeness (QED) is 0.0165. The molecule has 7 N–H and O–H groups in total. The van der Waals surface area contributed by atoms with E-state index in [2.05, 4.69) is 55.5 Å². The number of nitrogen functional groups attached to an aromatic ring is 2. The number of rotatable bonds is 19. The zero-order valence-corrected chi connectivity index (χ0v) is 54.6. The van der Waals surface area contributed by atoms with Crippen LogP contribution in [0.5, 0.6) is 0 Å². The largest absolute Gasteiger partial charge is 1.00 e. The van der Waals surface area contributed by atoms with E-state index in [9.17, 15) is 73.3 Å². The maximum absolute atomic E-state index is 12.5. The fourth-order valence-corrected chi connectivity index (χ4v) is 9.36. The van der Waals surface area contributed by atoms with Crippen LogP contribution in [0.2, 0.25) is 0 Å². The van der Waals surface area contributed by atoms with Crippen LogP contribution in [0.25, 0.3) is 0 Å². The Kier molecular flexibility index (Phi) is 27.4. The SMILES string of the molecule is Nc1c(N=Nc2cc(Nc3nc(Nc4cccc(S(=O)(=O)[O-])c4)nc(Nc4cccc(S(=O)(=O)[O-])c4)n3)ccc2S(=O)(=O)[O-])cc(S(=O)(=O)[O-])c(N)c1N=Nc1ccc(S(=O)(=O)CCOS(=O)(=O)[O-])cc1.[Na+].[Na+].[Na+].[Na+].[Na+]. The van der Waals surface area contributed by atoms with Gasteiger partial charge in [-0.05, 0) is 84.9 Å². The van der Waals surface area contributed by atoms with Crippen molar-refractivity contribution in [2.24, 2.45) is 20.5 Å². The number of hydrogen-bond acceptors (Lipinski definition) is 30. The molecule has 0 bridgehead atoms. The van der Waals surface area contributed by atoms with Gasteiger partial charge in [-0.1, -0.05) is 12.1 Å². The molecule has 6 aromatic rings. The first kappa shape index (κ1) is 71.8. The van der Waals surface area contributed by atoms with Crippen molar-refractivity contribution in [3.05, 3.63) is 97.1 Å². The second kappa shape index (κ2) is 29.0. The fraction of sp³-hybridized carbons (Fsp3) is 0.0571. The number of nitrogens with zero attached hydrogens (tertiary/aromatic N) is 7. The zero-order chi connectivity index (χ0) is 52.3. The maximum Gasteiger partial charge on any atom is 1.00 e. The Labute approximate surface area is 543 Å². The number of anilines is 8. The molecule has 0 unspecified atom stereocenters. The summed E-state index contributed by atoms with van der Waals surface area (Å²) in [4.78, 5) is 8.61. The third-order valence-corrected chi connectivity index (χ3v) is 14.3. The summed E-state index contributed by atoms with van der Waals surface area (Å²) >= 11 is 0. The summed E-state index contributed by atoms with van der Waals surface area (Å²) in [6.45, 7) is -0.981. The van der Waals surface area contributed by atoms with Crippen molar-refractivity contribution in [2.45, 2.75) is 24.5 Å². The number of aromatic nitrogens is 3. The summed E-state index contributed by atoms with van der Waals surface area (Å²) < 4.78 is 205. The van der Waals surface area contributed by atoms with E-state index in [-0.39, 0.29) is 187 Å². The molecule has 376 valence electrons.